The van der Waals surface area contributed by atoms with Crippen LogP contribution < -0.4 is 0 Å². The van der Waals surface area contributed by atoms with Gasteiger partial charge >= 0.3 is 0 Å². The number of Topliss-reactive ketones (excluding diaryl/α,β-unsaturated/α-hetero) is 1. The maximum Gasteiger partial charge on any atom is 0.224 e. The molecule has 0 bridgehead atoms. The molecule has 0 N–H and O–H groups in total. The number of hydrogen-bond acceptors (Lipinski definition) is 6. The second kappa shape index (κ2) is 7.56. The van der Waals surface area contributed by atoms with Gasteiger partial charge in [0, 0.05) is 25.7 Å². The predicted molar refractivity (Wildman–Crippen MR) is 105 cm³/mol. The van der Waals surface area contributed by atoms with Crippen LogP contribution in [0, 0.1) is 13.8 Å². The highest BCUT2D eigenvalue weighted by Gasteiger charge is 2.21. The first-order valence-electron chi connectivity index (χ1n) is 8.79. The van der Waals surface area contributed by atoms with Crippen molar-refractivity contribution >= 4 is 34.5 Å². The lowest BCUT2D eigenvalue weighted by Crippen LogP contribution is -2.28. The van der Waals surface area contributed by atoms with Crippen molar-refractivity contribution in [3.8, 4) is 0 Å². The van der Waals surface area contributed by atoms with E-state index in [2.05, 4.69) is 13.8 Å². The van der Waals surface area contributed by atoms with Crippen LogP contribution in [0.15, 0.2) is 18.2 Å². The van der Waals surface area contributed by atoms with E-state index in [-0.39, 0.29) is 17.7 Å². The number of amides is 1. The van der Waals surface area contributed by atoms with Gasteiger partial charge in [-0.15, -0.1) is 0 Å². The minimum absolute atomic E-state index is 0.00110. The number of hydrogen-bond donors (Lipinski definition) is 0. The summed E-state index contributed by atoms with van der Waals surface area (Å²) in [7, 11) is 1.79. The normalized spacial score (nSPS) is 12.3. The van der Waals surface area contributed by atoms with Gasteiger partial charge < -0.3 is 4.90 Å². The molecule has 27 heavy (non-hydrogen) atoms. The number of aryl methyl sites for hydroxylation is 1. The fourth-order valence-corrected chi connectivity index (χ4v) is 3.90. The molecule has 2 aromatic heterocycles. The summed E-state index contributed by atoms with van der Waals surface area (Å²) in [6, 6.07) is 5.73. The molecule has 1 aromatic carbocycles. The molecular weight excluding hydrogens is 362 g/mol. The molecule has 0 radical (unpaired) electrons. The molecule has 0 aliphatic carbocycles. The molecule has 0 fully saturated rings. The Balaban J connectivity index is 1.68. The van der Waals surface area contributed by atoms with Crippen LogP contribution in [-0.2, 0) is 11.3 Å². The highest BCUT2D eigenvalue weighted by atomic mass is 32.1. The highest BCUT2D eigenvalue weighted by Crippen LogP contribution is 2.21. The number of rotatable bonds is 6. The molecule has 3 aromatic rings. The molecule has 0 aliphatic rings. The lowest BCUT2D eigenvalue weighted by Gasteiger charge is -2.21. The van der Waals surface area contributed by atoms with Gasteiger partial charge in [-0.25, -0.2) is 0 Å². The zero-order chi connectivity index (χ0) is 19.7. The van der Waals surface area contributed by atoms with E-state index in [0.29, 0.717) is 24.2 Å². The van der Waals surface area contributed by atoms with Crippen LogP contribution in [0.2, 0.25) is 0 Å². The van der Waals surface area contributed by atoms with Crippen molar-refractivity contribution in [2.75, 3.05) is 7.05 Å². The first-order chi connectivity index (χ1) is 12.8. The van der Waals surface area contributed by atoms with E-state index in [0.717, 1.165) is 22.3 Å². The summed E-state index contributed by atoms with van der Waals surface area (Å²) < 4.78 is 10.2. The van der Waals surface area contributed by atoms with Crippen molar-refractivity contribution in [2.24, 2.45) is 0 Å². The predicted octanol–water partition coefficient (Wildman–Crippen LogP) is 3.32. The smallest absolute Gasteiger partial charge is 0.224 e. The van der Waals surface area contributed by atoms with Crippen molar-refractivity contribution in [3.05, 3.63) is 40.7 Å². The second-order valence-electron chi connectivity index (χ2n) is 6.94. The van der Waals surface area contributed by atoms with Crippen molar-refractivity contribution in [1.82, 2.24) is 23.4 Å². The third-order valence-electron chi connectivity index (χ3n) is 4.73. The van der Waals surface area contributed by atoms with E-state index in [9.17, 15) is 9.59 Å². The Morgan fingerprint density at radius 2 is 1.93 bits per heavy atom. The second-order valence-corrected chi connectivity index (χ2v) is 7.47. The van der Waals surface area contributed by atoms with E-state index in [4.69, 9.17) is 0 Å². The summed E-state index contributed by atoms with van der Waals surface area (Å²) in [5.41, 5.74) is 4.90. The maximum atomic E-state index is 12.7. The molecule has 142 valence electrons. The fourth-order valence-electron chi connectivity index (χ4n) is 3.38. The summed E-state index contributed by atoms with van der Waals surface area (Å²) in [6.45, 7) is 7.69. The first kappa shape index (κ1) is 19.2. The Morgan fingerprint density at radius 3 is 2.59 bits per heavy atom. The summed E-state index contributed by atoms with van der Waals surface area (Å²) >= 11 is 1.18. The lowest BCUT2D eigenvalue weighted by molar-refractivity contribution is -0.131. The van der Waals surface area contributed by atoms with Gasteiger partial charge in [-0.05, 0) is 45.4 Å². The molecule has 8 heteroatoms. The Hall–Kier alpha value is -2.61. The van der Waals surface area contributed by atoms with Crippen molar-refractivity contribution in [2.45, 2.75) is 46.7 Å². The minimum atomic E-state index is -0.128. The van der Waals surface area contributed by atoms with E-state index in [1.54, 1.807) is 23.6 Å². The topological polar surface area (TPSA) is 81.0 Å². The molecular formula is C19H23N5O2S. The first-order valence-corrected chi connectivity index (χ1v) is 9.52. The molecule has 1 atom stereocenters. The maximum absolute atomic E-state index is 12.7. The van der Waals surface area contributed by atoms with Crippen LogP contribution in [0.3, 0.4) is 0 Å². The van der Waals surface area contributed by atoms with Gasteiger partial charge in [-0.1, -0.05) is 6.07 Å². The monoisotopic (exact) mass is 385 g/mol. The average molecular weight is 385 g/mol. The molecule has 0 unspecified atom stereocenters. The van der Waals surface area contributed by atoms with Gasteiger partial charge in [-0.2, -0.15) is 13.8 Å². The van der Waals surface area contributed by atoms with Crippen LogP contribution in [0.25, 0.3) is 11.0 Å². The summed E-state index contributed by atoms with van der Waals surface area (Å²) in [5.74, 6) is 0.0229. The van der Waals surface area contributed by atoms with Gasteiger partial charge in [0.05, 0.1) is 29.0 Å². The molecule has 0 saturated heterocycles. The van der Waals surface area contributed by atoms with E-state index in [1.165, 1.54) is 11.7 Å². The molecule has 0 saturated carbocycles. The van der Waals surface area contributed by atoms with Crippen LogP contribution in [0.4, 0.5) is 0 Å². The zero-order valence-electron chi connectivity index (χ0n) is 16.2. The van der Waals surface area contributed by atoms with Gasteiger partial charge in [0.25, 0.3) is 0 Å². The number of carbonyl (C=O) groups excluding carboxylic acids is 2. The van der Waals surface area contributed by atoms with Gasteiger partial charge in [0.1, 0.15) is 11.0 Å². The Bertz CT molecular complexity index is 1010. The molecule has 0 aliphatic heterocycles. The van der Waals surface area contributed by atoms with Crippen molar-refractivity contribution in [3.63, 3.8) is 0 Å². The van der Waals surface area contributed by atoms with Crippen LogP contribution >= 0.6 is 11.7 Å². The third-order valence-corrected chi connectivity index (χ3v) is 5.28. The van der Waals surface area contributed by atoms with Crippen LogP contribution in [0.1, 0.15) is 53.6 Å². The largest absolute Gasteiger partial charge is 0.341 e. The Labute approximate surface area is 162 Å². The SMILES string of the molecule is CC(=O)c1c(C)nn([C@@H](C)CC(=O)N(C)Cc2ccc3nsnc3c2)c1C. The van der Waals surface area contributed by atoms with Crippen LogP contribution in [0.5, 0.6) is 0 Å². The molecule has 0 spiro atoms. The Kier molecular flexibility index (Phi) is 5.36. The number of aromatic nitrogens is 4. The Morgan fingerprint density at radius 1 is 1.22 bits per heavy atom. The minimum Gasteiger partial charge on any atom is -0.341 e. The molecule has 7 nitrogen and oxygen atoms in total. The molecule has 1 amide bonds. The van der Waals surface area contributed by atoms with Gasteiger partial charge in [0.15, 0.2) is 5.78 Å². The van der Waals surface area contributed by atoms with Crippen LogP contribution in [-0.4, -0.2) is 42.2 Å². The summed E-state index contributed by atoms with van der Waals surface area (Å²) in [4.78, 5) is 26.2. The number of fused-ring (bicyclic) bond motifs is 1. The van der Waals surface area contributed by atoms with Gasteiger partial charge in [-0.3, -0.25) is 14.3 Å². The standard InChI is InChI=1S/C19H23N5O2S/c1-11(24-13(3)19(14(4)25)12(2)20-24)8-18(26)23(5)10-15-6-7-16-17(9-15)22-27-21-16/h6-7,9,11H,8,10H2,1-5H3/t11-/m0/s1. The summed E-state index contributed by atoms with van der Waals surface area (Å²) in [6.07, 6.45) is 0.316. The van der Waals surface area contributed by atoms with E-state index in [1.807, 2.05) is 39.0 Å². The number of carbonyl (C=O) groups is 2. The molecule has 2 heterocycles. The van der Waals surface area contributed by atoms with Crippen molar-refractivity contribution < 1.29 is 9.59 Å². The quantitative estimate of drug-likeness (QED) is 0.608. The van der Waals surface area contributed by atoms with Crippen molar-refractivity contribution in [1.29, 1.82) is 0 Å². The number of benzene rings is 1. The summed E-state index contributed by atoms with van der Waals surface area (Å²) in [5, 5.41) is 4.47. The third kappa shape index (κ3) is 3.90. The zero-order valence-corrected chi connectivity index (χ0v) is 17.0. The number of ketones is 1. The molecule has 3 rings (SSSR count). The lowest BCUT2D eigenvalue weighted by atomic mass is 10.1. The number of nitrogens with zero attached hydrogens (tertiary/aromatic N) is 5. The fraction of sp³-hybridized carbons (Fsp3) is 0.421. The average Bonchev–Trinajstić information content (AvgIpc) is 3.18. The van der Waals surface area contributed by atoms with Gasteiger partial charge in [0.2, 0.25) is 5.91 Å². The highest BCUT2D eigenvalue weighted by molar-refractivity contribution is 7.00. The van der Waals surface area contributed by atoms with E-state index < -0.39 is 0 Å². The van der Waals surface area contributed by atoms with E-state index >= 15 is 0 Å².